The van der Waals surface area contributed by atoms with Gasteiger partial charge in [0.1, 0.15) is 5.65 Å². The number of nitrogens with one attached hydrogen (secondary N) is 1. The van der Waals surface area contributed by atoms with E-state index in [0.717, 1.165) is 29.4 Å². The highest BCUT2D eigenvalue weighted by Gasteiger charge is 2.19. The molecular weight excluding hydrogens is 444 g/mol. The molecule has 0 saturated carbocycles. The average Bonchev–Trinajstić information content (AvgIpc) is 2.83. The van der Waals surface area contributed by atoms with Crippen LogP contribution in [0.1, 0.15) is 25.3 Å². The zero-order chi connectivity index (χ0) is 24.1. The molecule has 3 rings (SSSR count). The minimum Gasteiger partial charge on any atom is -0.493 e. The molecule has 0 aliphatic rings. The Morgan fingerprint density at radius 1 is 1.12 bits per heavy atom. The number of amides is 1. The summed E-state index contributed by atoms with van der Waals surface area (Å²) in [7, 11) is 6.10. The van der Waals surface area contributed by atoms with Crippen molar-refractivity contribution in [3.63, 3.8) is 0 Å². The first-order valence-corrected chi connectivity index (χ1v) is 11.5. The largest absolute Gasteiger partial charge is 0.493 e. The minimum atomic E-state index is -0.441. The number of ether oxygens (including phenoxy) is 2. The first-order valence-electron chi connectivity index (χ1n) is 10.5. The second-order valence-electron chi connectivity index (χ2n) is 7.53. The highest BCUT2D eigenvalue weighted by Crippen LogP contribution is 2.31. The fourth-order valence-electron chi connectivity index (χ4n) is 3.50. The Balaban J connectivity index is 1.93. The van der Waals surface area contributed by atoms with Gasteiger partial charge in [0.15, 0.2) is 11.5 Å². The fourth-order valence-corrected chi connectivity index (χ4v) is 4.51. The number of aromatic nitrogens is 3. The number of hydrogen-bond donors (Lipinski definition) is 1. The van der Waals surface area contributed by atoms with E-state index in [2.05, 4.69) is 17.2 Å². The molecule has 0 bridgehead atoms. The van der Waals surface area contributed by atoms with Gasteiger partial charge in [-0.1, -0.05) is 13.3 Å². The Bertz CT molecular complexity index is 1300. The van der Waals surface area contributed by atoms with Crippen LogP contribution in [0.25, 0.3) is 11.0 Å². The lowest BCUT2D eigenvalue weighted by molar-refractivity contribution is -0.113. The third kappa shape index (κ3) is 5.05. The lowest BCUT2D eigenvalue weighted by atomic mass is 10.1. The topological polar surface area (TPSA) is 104 Å². The number of pyridine rings is 1. The van der Waals surface area contributed by atoms with Crippen molar-refractivity contribution in [1.29, 1.82) is 0 Å². The highest BCUT2D eigenvalue weighted by atomic mass is 32.2. The summed E-state index contributed by atoms with van der Waals surface area (Å²) < 4.78 is 12.9. The Hall–Kier alpha value is -3.27. The fraction of sp³-hybridized carbons (Fsp3) is 0.391. The average molecular weight is 473 g/mol. The number of benzene rings is 1. The van der Waals surface area contributed by atoms with Crippen molar-refractivity contribution in [2.45, 2.75) is 31.1 Å². The molecule has 0 aliphatic heterocycles. The molecule has 0 atom stereocenters. The van der Waals surface area contributed by atoms with E-state index >= 15 is 0 Å². The molecule has 1 N–H and O–H groups in total. The number of rotatable bonds is 9. The van der Waals surface area contributed by atoms with E-state index in [1.165, 1.54) is 30.5 Å². The van der Waals surface area contributed by atoms with Crippen molar-refractivity contribution < 1.29 is 14.3 Å². The van der Waals surface area contributed by atoms with E-state index in [0.29, 0.717) is 33.1 Å². The molecule has 2 heterocycles. The second-order valence-corrected chi connectivity index (χ2v) is 8.51. The Kier molecular flexibility index (Phi) is 7.80. The molecule has 2 aromatic heterocycles. The second kappa shape index (κ2) is 10.6. The van der Waals surface area contributed by atoms with Gasteiger partial charge >= 0.3 is 5.69 Å². The van der Waals surface area contributed by atoms with Gasteiger partial charge in [-0.25, -0.2) is 9.78 Å². The first-order chi connectivity index (χ1) is 15.8. The lowest BCUT2D eigenvalue weighted by Crippen LogP contribution is -2.37. The predicted molar refractivity (Wildman–Crippen MR) is 130 cm³/mol. The van der Waals surface area contributed by atoms with Crippen LogP contribution in [-0.4, -0.2) is 40.0 Å². The van der Waals surface area contributed by atoms with Crippen molar-refractivity contribution in [1.82, 2.24) is 14.1 Å². The van der Waals surface area contributed by atoms with E-state index in [1.54, 1.807) is 38.6 Å². The summed E-state index contributed by atoms with van der Waals surface area (Å²) >= 11 is 1.27. The maximum atomic E-state index is 13.0. The van der Waals surface area contributed by atoms with Gasteiger partial charge in [-0.3, -0.25) is 18.7 Å². The Morgan fingerprint density at radius 3 is 2.52 bits per heavy atom. The molecule has 0 aliphatic carbocycles. The number of carbonyl (C=O) groups is 1. The summed E-state index contributed by atoms with van der Waals surface area (Å²) in [5.74, 6) is 0.920. The predicted octanol–water partition coefficient (Wildman–Crippen LogP) is 2.72. The van der Waals surface area contributed by atoms with E-state index in [4.69, 9.17) is 9.47 Å². The third-order valence-corrected chi connectivity index (χ3v) is 6.47. The summed E-state index contributed by atoms with van der Waals surface area (Å²) in [6, 6.07) is 5.12. The zero-order valence-corrected chi connectivity index (χ0v) is 20.2. The van der Waals surface area contributed by atoms with Gasteiger partial charge in [-0.2, -0.15) is 0 Å². The molecule has 33 heavy (non-hydrogen) atoms. The van der Waals surface area contributed by atoms with Crippen LogP contribution in [0.2, 0.25) is 0 Å². The van der Waals surface area contributed by atoms with E-state index in [1.807, 2.05) is 0 Å². The monoisotopic (exact) mass is 472 g/mol. The maximum Gasteiger partial charge on any atom is 0.332 e. The minimum absolute atomic E-state index is 0.0819. The van der Waals surface area contributed by atoms with Crippen LogP contribution in [0.5, 0.6) is 11.5 Å². The van der Waals surface area contributed by atoms with Gasteiger partial charge < -0.3 is 14.8 Å². The molecule has 0 fully saturated rings. The number of methoxy groups -OCH3 is 2. The number of unbranched alkanes of at least 4 members (excludes halogenated alkanes) is 1. The molecule has 0 radical (unpaired) electrons. The van der Waals surface area contributed by atoms with Crippen LogP contribution >= 0.6 is 11.8 Å². The molecule has 1 amide bonds. The van der Waals surface area contributed by atoms with Crippen molar-refractivity contribution in [2.75, 3.05) is 25.3 Å². The van der Waals surface area contributed by atoms with Crippen molar-refractivity contribution in [3.05, 3.63) is 50.8 Å². The molecule has 0 saturated heterocycles. The van der Waals surface area contributed by atoms with Crippen molar-refractivity contribution in [3.8, 4) is 11.5 Å². The maximum absolute atomic E-state index is 13.0. The van der Waals surface area contributed by atoms with Gasteiger partial charge in [-0.15, -0.1) is 11.8 Å². The van der Waals surface area contributed by atoms with Crippen molar-refractivity contribution >= 4 is 34.4 Å². The summed E-state index contributed by atoms with van der Waals surface area (Å²) in [5.41, 5.74) is 0.919. The van der Waals surface area contributed by atoms with Crippen molar-refractivity contribution in [2.24, 2.45) is 14.1 Å². The molecule has 9 nitrogen and oxygen atoms in total. The van der Waals surface area contributed by atoms with Crippen LogP contribution < -0.4 is 26.0 Å². The van der Waals surface area contributed by atoms with Crippen LogP contribution in [0.4, 0.5) is 5.69 Å². The van der Waals surface area contributed by atoms with E-state index in [9.17, 15) is 14.4 Å². The standard InChI is InChI=1S/C23H28N4O5S/c1-6-7-8-14-12-24-21-19(22(29)27(3)23(30)26(21)2)20(14)33-13-18(28)25-15-9-10-16(31-4)17(11-15)32-5/h9-12H,6-8,13H2,1-5H3,(H,25,28). The molecule has 10 heteroatoms. The first kappa shape index (κ1) is 24.4. The Labute approximate surface area is 195 Å². The van der Waals surface area contributed by atoms with Crippen LogP contribution in [0.3, 0.4) is 0 Å². The van der Waals surface area contributed by atoms with Gasteiger partial charge in [0.05, 0.1) is 25.4 Å². The smallest absolute Gasteiger partial charge is 0.332 e. The van der Waals surface area contributed by atoms with Crippen LogP contribution in [0.15, 0.2) is 38.9 Å². The van der Waals surface area contributed by atoms with Crippen LogP contribution in [-0.2, 0) is 25.3 Å². The molecular formula is C23H28N4O5S. The molecule has 3 aromatic rings. The van der Waals surface area contributed by atoms with Gasteiger partial charge in [0.2, 0.25) is 5.91 Å². The van der Waals surface area contributed by atoms with Gasteiger partial charge in [0, 0.05) is 36.9 Å². The van der Waals surface area contributed by atoms with Crippen LogP contribution in [0, 0.1) is 0 Å². The normalized spacial score (nSPS) is 10.9. The SMILES string of the molecule is CCCCc1cnc2c(c1SCC(=O)Nc1ccc(OC)c(OC)c1)c(=O)n(C)c(=O)n2C. The zero-order valence-electron chi connectivity index (χ0n) is 19.4. The molecule has 0 unspecified atom stereocenters. The lowest BCUT2D eigenvalue weighted by Gasteiger charge is -2.14. The summed E-state index contributed by atoms with van der Waals surface area (Å²) in [4.78, 5) is 43.1. The summed E-state index contributed by atoms with van der Waals surface area (Å²) in [5, 5.41) is 3.20. The third-order valence-electron chi connectivity index (χ3n) is 5.31. The number of nitrogens with zero attached hydrogens (tertiary/aromatic N) is 3. The number of thioether (sulfide) groups is 1. The van der Waals surface area contributed by atoms with Gasteiger partial charge in [-0.05, 0) is 30.5 Å². The van der Waals surface area contributed by atoms with Gasteiger partial charge in [0.25, 0.3) is 5.56 Å². The van der Waals surface area contributed by atoms with E-state index in [-0.39, 0.29) is 11.7 Å². The number of fused-ring (bicyclic) bond motifs is 1. The highest BCUT2D eigenvalue weighted by molar-refractivity contribution is 8.00. The summed E-state index contributed by atoms with van der Waals surface area (Å²) in [6.07, 6.45) is 4.33. The van der Waals surface area contributed by atoms with E-state index < -0.39 is 11.2 Å². The number of hydrogen-bond acceptors (Lipinski definition) is 7. The number of aryl methyl sites for hydroxylation is 2. The Morgan fingerprint density at radius 2 is 1.85 bits per heavy atom. The molecule has 176 valence electrons. The number of anilines is 1. The quantitative estimate of drug-likeness (QED) is 0.478. The summed E-state index contributed by atoms with van der Waals surface area (Å²) in [6.45, 7) is 2.08. The molecule has 1 aromatic carbocycles. The number of carbonyl (C=O) groups excluding carboxylic acids is 1. The molecule has 0 spiro atoms.